The second kappa shape index (κ2) is 13.2. The fraction of sp³-hybridized carbons (Fsp3) is 0.500. The van der Waals surface area contributed by atoms with Gasteiger partial charge in [-0.3, -0.25) is 19.8 Å². The highest BCUT2D eigenvalue weighted by Gasteiger charge is 2.29. The zero-order valence-corrected chi connectivity index (χ0v) is 22.5. The van der Waals surface area contributed by atoms with Gasteiger partial charge in [-0.1, -0.05) is 25.7 Å². The molecular weight excluding hydrogens is 498 g/mol. The highest BCUT2D eigenvalue weighted by atomic mass is 16.5. The van der Waals surface area contributed by atoms with Gasteiger partial charge in [-0.15, -0.1) is 0 Å². The van der Waals surface area contributed by atoms with E-state index in [-0.39, 0.29) is 24.0 Å². The molecule has 0 spiro atoms. The molecular formula is C28H35N7O4. The molecule has 0 bridgehead atoms. The number of aromatic nitrogens is 2. The van der Waals surface area contributed by atoms with Crippen LogP contribution in [0, 0.1) is 11.3 Å². The van der Waals surface area contributed by atoms with Crippen LogP contribution in [0.25, 0.3) is 0 Å². The largest absolute Gasteiger partial charge is 0.387 e. The molecule has 1 atom stereocenters. The molecule has 5 rings (SSSR count). The van der Waals surface area contributed by atoms with Crippen molar-refractivity contribution in [2.24, 2.45) is 0 Å². The number of likely N-dealkylation sites (N-methyl/N-ethyl adjacent to an activating group) is 1. The maximum absolute atomic E-state index is 13.1. The number of hydrogen-bond donors (Lipinski definition) is 2. The van der Waals surface area contributed by atoms with Gasteiger partial charge in [-0.2, -0.15) is 5.26 Å². The number of aryl methyl sites for hydroxylation is 1. The Morgan fingerprint density at radius 1 is 1.23 bits per heavy atom. The van der Waals surface area contributed by atoms with Gasteiger partial charge in [0.25, 0.3) is 5.91 Å². The average Bonchev–Trinajstić information content (AvgIpc) is 3.45. The normalized spacial score (nSPS) is 17.5. The maximum Gasteiger partial charge on any atom is 0.328 e. The molecule has 206 valence electrons. The van der Waals surface area contributed by atoms with Crippen LogP contribution in [0.4, 0.5) is 22.1 Å². The van der Waals surface area contributed by atoms with Gasteiger partial charge in [0, 0.05) is 51.6 Å². The summed E-state index contributed by atoms with van der Waals surface area (Å²) in [5, 5.41) is 14.8. The van der Waals surface area contributed by atoms with Crippen molar-refractivity contribution in [3.63, 3.8) is 0 Å². The van der Waals surface area contributed by atoms with E-state index in [9.17, 15) is 14.4 Å². The third kappa shape index (κ3) is 6.70. The molecule has 1 aliphatic carbocycles. The van der Waals surface area contributed by atoms with Gasteiger partial charge in [-0.25, -0.2) is 14.8 Å². The zero-order chi connectivity index (χ0) is 27.8. The second-order valence-corrected chi connectivity index (χ2v) is 9.91. The first-order valence-electron chi connectivity index (χ1n) is 13.5. The molecule has 2 N–H and O–H groups in total. The van der Waals surface area contributed by atoms with Crippen LogP contribution in [-0.4, -0.2) is 66.4 Å². The average molecular weight is 534 g/mol. The highest BCUT2D eigenvalue weighted by Crippen LogP contribution is 2.29. The van der Waals surface area contributed by atoms with E-state index in [4.69, 9.17) is 10.00 Å². The molecule has 2 aromatic rings. The molecule has 2 aliphatic heterocycles. The van der Waals surface area contributed by atoms with Crippen LogP contribution >= 0.6 is 0 Å². The third-order valence-electron chi connectivity index (χ3n) is 7.15. The van der Waals surface area contributed by atoms with E-state index < -0.39 is 12.1 Å². The predicted molar refractivity (Wildman–Crippen MR) is 147 cm³/mol. The van der Waals surface area contributed by atoms with Crippen molar-refractivity contribution in [1.82, 2.24) is 14.9 Å². The lowest BCUT2D eigenvalue weighted by Gasteiger charge is -2.29. The molecule has 3 amide bonds. The first kappa shape index (κ1) is 28.0. The molecule has 1 unspecified atom stereocenters. The number of amides is 3. The fourth-order valence-corrected chi connectivity index (χ4v) is 4.58. The number of pyridine rings is 2. The number of aldehydes is 1. The van der Waals surface area contributed by atoms with Crippen molar-refractivity contribution in [2.75, 3.05) is 42.8 Å². The Bertz CT molecular complexity index is 1250. The molecule has 1 saturated carbocycles. The number of ether oxygens (including phenoxy) is 1. The van der Waals surface area contributed by atoms with Crippen LogP contribution in [0.15, 0.2) is 18.3 Å². The zero-order valence-electron chi connectivity index (χ0n) is 22.5. The lowest BCUT2D eigenvalue weighted by molar-refractivity contribution is -0.140. The van der Waals surface area contributed by atoms with Gasteiger partial charge >= 0.3 is 6.03 Å². The van der Waals surface area contributed by atoms with Crippen LogP contribution in [0.2, 0.25) is 0 Å². The van der Waals surface area contributed by atoms with E-state index in [1.165, 1.54) is 36.8 Å². The maximum atomic E-state index is 13.1. The SMILES string of the molecule is C1CCC1.CNc1cc(NC(=O)N2CCCc3cc(CN(C)C(=O)C4CCCO4)c(C=O)nc32)ncc1C#N. The van der Waals surface area contributed by atoms with E-state index in [0.29, 0.717) is 54.9 Å². The topological polar surface area (TPSA) is 141 Å². The molecule has 1 saturated heterocycles. The number of carbonyl (C=O) groups is 3. The summed E-state index contributed by atoms with van der Waals surface area (Å²) >= 11 is 0. The lowest BCUT2D eigenvalue weighted by Crippen LogP contribution is -2.40. The molecule has 11 heteroatoms. The van der Waals surface area contributed by atoms with E-state index in [1.54, 1.807) is 25.1 Å². The van der Waals surface area contributed by atoms with E-state index in [0.717, 1.165) is 18.4 Å². The van der Waals surface area contributed by atoms with Crippen molar-refractivity contribution in [3.8, 4) is 6.07 Å². The molecule has 4 heterocycles. The minimum absolute atomic E-state index is 0.117. The summed E-state index contributed by atoms with van der Waals surface area (Å²) in [4.78, 5) is 49.3. The third-order valence-corrected chi connectivity index (χ3v) is 7.15. The first-order chi connectivity index (χ1) is 18.9. The molecule has 11 nitrogen and oxygen atoms in total. The highest BCUT2D eigenvalue weighted by molar-refractivity contribution is 6.01. The fourth-order valence-electron chi connectivity index (χ4n) is 4.58. The number of urea groups is 1. The van der Waals surface area contributed by atoms with Crippen molar-refractivity contribution in [1.29, 1.82) is 5.26 Å². The van der Waals surface area contributed by atoms with Crippen LogP contribution in [0.5, 0.6) is 0 Å². The Morgan fingerprint density at radius 2 is 2.00 bits per heavy atom. The van der Waals surface area contributed by atoms with Crippen molar-refractivity contribution >= 4 is 35.5 Å². The van der Waals surface area contributed by atoms with Crippen molar-refractivity contribution in [3.05, 3.63) is 40.7 Å². The summed E-state index contributed by atoms with van der Waals surface area (Å²) in [5.74, 6) is 0.580. The number of anilines is 3. The summed E-state index contributed by atoms with van der Waals surface area (Å²) in [5.41, 5.74) is 2.55. The molecule has 3 aliphatic rings. The van der Waals surface area contributed by atoms with E-state index in [1.807, 2.05) is 12.1 Å². The van der Waals surface area contributed by atoms with E-state index >= 15 is 0 Å². The number of carbonyl (C=O) groups excluding carboxylic acids is 3. The Balaban J connectivity index is 0.000000808. The molecule has 39 heavy (non-hydrogen) atoms. The summed E-state index contributed by atoms with van der Waals surface area (Å²) in [6.07, 6.45) is 10.6. The quantitative estimate of drug-likeness (QED) is 0.533. The number of nitrogens with zero attached hydrogens (tertiary/aromatic N) is 5. The van der Waals surface area contributed by atoms with Crippen LogP contribution in [-0.2, 0) is 22.5 Å². The number of nitrogens with one attached hydrogen (secondary N) is 2. The van der Waals surface area contributed by atoms with Crippen LogP contribution < -0.4 is 15.5 Å². The first-order valence-corrected chi connectivity index (χ1v) is 13.5. The second-order valence-electron chi connectivity index (χ2n) is 9.91. The Hall–Kier alpha value is -4.04. The lowest BCUT2D eigenvalue weighted by atomic mass is 10.0. The van der Waals surface area contributed by atoms with Crippen LogP contribution in [0.1, 0.15) is 72.1 Å². The Morgan fingerprint density at radius 3 is 2.62 bits per heavy atom. The predicted octanol–water partition coefficient (Wildman–Crippen LogP) is 3.88. The Labute approximate surface area is 228 Å². The van der Waals surface area contributed by atoms with Gasteiger partial charge in [0.05, 0.1) is 11.3 Å². The summed E-state index contributed by atoms with van der Waals surface area (Å²) in [6, 6.07) is 5.03. The smallest absolute Gasteiger partial charge is 0.328 e. The number of fused-ring (bicyclic) bond motifs is 1. The van der Waals surface area contributed by atoms with Gasteiger partial charge in [0.2, 0.25) is 0 Å². The molecule has 0 aromatic carbocycles. The van der Waals surface area contributed by atoms with E-state index in [2.05, 4.69) is 20.6 Å². The van der Waals surface area contributed by atoms with Gasteiger partial charge < -0.3 is 15.0 Å². The molecule has 0 radical (unpaired) electrons. The summed E-state index contributed by atoms with van der Waals surface area (Å²) in [6.45, 7) is 1.23. The summed E-state index contributed by atoms with van der Waals surface area (Å²) in [7, 11) is 3.36. The number of hydrogen-bond acceptors (Lipinski definition) is 8. The minimum Gasteiger partial charge on any atom is -0.387 e. The minimum atomic E-state index is -0.441. The molecule has 2 fully saturated rings. The van der Waals surface area contributed by atoms with Crippen molar-refractivity contribution in [2.45, 2.75) is 64.0 Å². The van der Waals surface area contributed by atoms with Gasteiger partial charge in [0.1, 0.15) is 29.5 Å². The standard InChI is InChI=1S/C24H27N7O4.C4H8/c1-26-18-10-21(27-12-17(18)11-25)29-24(34)31-7-3-5-15-9-16(19(14-32)28-22(15)31)13-30(2)23(33)20-6-4-8-35-20;1-2-4-3-1/h9-10,12,14,20H,3-8,13H2,1-2H3,(H2,26,27,29,34);1-4H2. The Kier molecular flexibility index (Phi) is 9.44. The number of rotatable bonds is 6. The summed E-state index contributed by atoms with van der Waals surface area (Å²) < 4.78 is 5.48. The van der Waals surface area contributed by atoms with Gasteiger partial charge in [0.15, 0.2) is 6.29 Å². The monoisotopic (exact) mass is 533 g/mol. The van der Waals surface area contributed by atoms with Crippen LogP contribution in [0.3, 0.4) is 0 Å². The van der Waals surface area contributed by atoms with Crippen molar-refractivity contribution < 1.29 is 19.1 Å². The molecule has 2 aromatic heterocycles. The number of nitriles is 1. The van der Waals surface area contributed by atoms with Gasteiger partial charge in [-0.05, 0) is 37.3 Å².